The van der Waals surface area contributed by atoms with Gasteiger partial charge in [0, 0.05) is 24.2 Å². The predicted octanol–water partition coefficient (Wildman–Crippen LogP) is 3.69. The van der Waals surface area contributed by atoms with Crippen LogP contribution in [-0.2, 0) is 14.6 Å². The van der Waals surface area contributed by atoms with Gasteiger partial charge in [0.25, 0.3) is 5.91 Å². The quantitative estimate of drug-likeness (QED) is 0.622. The van der Waals surface area contributed by atoms with E-state index in [9.17, 15) is 22.4 Å². The smallest absolute Gasteiger partial charge is 0.251 e. The molecule has 1 saturated carbocycles. The summed E-state index contributed by atoms with van der Waals surface area (Å²) in [7, 11) is -3.38. The number of carbonyl (C=O) groups excluding carboxylic acids is 2. The second kappa shape index (κ2) is 9.84. The van der Waals surface area contributed by atoms with E-state index in [0.717, 1.165) is 12.8 Å². The van der Waals surface area contributed by atoms with Crippen LogP contribution < -0.4 is 10.6 Å². The summed E-state index contributed by atoms with van der Waals surface area (Å²) >= 11 is 0. The van der Waals surface area contributed by atoms with Gasteiger partial charge in [0.05, 0.1) is 10.1 Å². The molecule has 1 aliphatic carbocycles. The van der Waals surface area contributed by atoms with E-state index in [1.54, 1.807) is 18.2 Å². The molecule has 2 aromatic rings. The molecular formula is C22H25FN2O4S. The molecule has 30 heavy (non-hydrogen) atoms. The summed E-state index contributed by atoms with van der Waals surface area (Å²) in [5.74, 6) is -1.01. The molecule has 0 atom stereocenters. The molecule has 1 fully saturated rings. The number of amides is 2. The Morgan fingerprint density at radius 2 is 1.73 bits per heavy atom. The zero-order chi connectivity index (χ0) is 21.6. The van der Waals surface area contributed by atoms with Crippen molar-refractivity contribution < 1.29 is 22.4 Å². The van der Waals surface area contributed by atoms with Crippen molar-refractivity contribution in [1.29, 1.82) is 0 Å². The number of halogens is 1. The standard InChI is InChI=1S/C22H25FN2O4S/c23-17-12-10-16(11-13-17)22(27)24-14-4-9-21(26)25-18-5-3-8-20(15-18)30(28,29)19-6-1-2-7-19/h3,5,8,10-13,15,19H,1-2,4,6-7,9,14H2,(H,24,27)(H,25,26). The van der Waals surface area contributed by atoms with Gasteiger partial charge in [-0.3, -0.25) is 9.59 Å². The van der Waals surface area contributed by atoms with Gasteiger partial charge in [0.15, 0.2) is 9.84 Å². The van der Waals surface area contributed by atoms with Crippen molar-refractivity contribution in [1.82, 2.24) is 5.32 Å². The van der Waals surface area contributed by atoms with Crippen molar-refractivity contribution in [2.45, 2.75) is 48.7 Å². The summed E-state index contributed by atoms with van der Waals surface area (Å²) in [4.78, 5) is 24.3. The molecule has 6 nitrogen and oxygen atoms in total. The normalized spacial score (nSPS) is 14.4. The molecule has 0 aromatic heterocycles. The fourth-order valence-corrected chi connectivity index (χ4v) is 5.42. The zero-order valence-electron chi connectivity index (χ0n) is 16.6. The minimum atomic E-state index is -3.38. The molecule has 8 heteroatoms. The van der Waals surface area contributed by atoms with Crippen LogP contribution in [0.3, 0.4) is 0 Å². The molecular weight excluding hydrogens is 407 g/mol. The maximum absolute atomic E-state index is 12.9. The van der Waals surface area contributed by atoms with E-state index < -0.39 is 15.7 Å². The van der Waals surface area contributed by atoms with Crippen molar-refractivity contribution in [3.8, 4) is 0 Å². The van der Waals surface area contributed by atoms with Crippen LogP contribution in [0.5, 0.6) is 0 Å². The maximum atomic E-state index is 12.9. The fourth-order valence-electron chi connectivity index (χ4n) is 3.52. The van der Waals surface area contributed by atoms with Gasteiger partial charge in [-0.2, -0.15) is 0 Å². The lowest BCUT2D eigenvalue weighted by molar-refractivity contribution is -0.116. The highest BCUT2D eigenvalue weighted by atomic mass is 32.2. The molecule has 0 unspecified atom stereocenters. The third-order valence-corrected chi connectivity index (χ3v) is 7.42. The fraction of sp³-hybridized carbons (Fsp3) is 0.364. The molecule has 2 aromatic carbocycles. The maximum Gasteiger partial charge on any atom is 0.251 e. The first kappa shape index (κ1) is 22.0. The van der Waals surface area contributed by atoms with E-state index in [2.05, 4.69) is 10.6 Å². The lowest BCUT2D eigenvalue weighted by Crippen LogP contribution is -2.25. The van der Waals surface area contributed by atoms with E-state index in [-0.39, 0.29) is 28.4 Å². The molecule has 0 radical (unpaired) electrons. The van der Waals surface area contributed by atoms with Crippen LogP contribution >= 0.6 is 0 Å². The van der Waals surface area contributed by atoms with Crippen LogP contribution in [0.4, 0.5) is 10.1 Å². The van der Waals surface area contributed by atoms with Crippen LogP contribution in [0.2, 0.25) is 0 Å². The predicted molar refractivity (Wildman–Crippen MR) is 112 cm³/mol. The van der Waals surface area contributed by atoms with E-state index in [1.807, 2.05) is 0 Å². The second-order valence-electron chi connectivity index (χ2n) is 7.39. The highest BCUT2D eigenvalue weighted by Crippen LogP contribution is 2.30. The van der Waals surface area contributed by atoms with Crippen molar-refractivity contribution in [2.75, 3.05) is 11.9 Å². The number of rotatable bonds is 8. The monoisotopic (exact) mass is 432 g/mol. The number of nitrogens with one attached hydrogen (secondary N) is 2. The second-order valence-corrected chi connectivity index (χ2v) is 9.62. The number of anilines is 1. The molecule has 0 spiro atoms. The van der Waals surface area contributed by atoms with Gasteiger partial charge < -0.3 is 10.6 Å². The van der Waals surface area contributed by atoms with Gasteiger partial charge >= 0.3 is 0 Å². The molecule has 2 N–H and O–H groups in total. The molecule has 160 valence electrons. The molecule has 3 rings (SSSR count). The van der Waals surface area contributed by atoms with Crippen molar-refractivity contribution in [3.05, 3.63) is 59.9 Å². The van der Waals surface area contributed by atoms with Crippen molar-refractivity contribution in [2.24, 2.45) is 0 Å². The van der Waals surface area contributed by atoms with Crippen molar-refractivity contribution in [3.63, 3.8) is 0 Å². The third-order valence-electron chi connectivity index (χ3n) is 5.16. The summed E-state index contributed by atoms with van der Waals surface area (Å²) < 4.78 is 38.3. The minimum absolute atomic E-state index is 0.170. The molecule has 0 aliphatic heterocycles. The van der Waals surface area contributed by atoms with Crippen LogP contribution in [-0.4, -0.2) is 32.0 Å². The van der Waals surface area contributed by atoms with Crippen LogP contribution in [0.25, 0.3) is 0 Å². The van der Waals surface area contributed by atoms with E-state index >= 15 is 0 Å². The average molecular weight is 433 g/mol. The highest BCUT2D eigenvalue weighted by molar-refractivity contribution is 7.92. The molecule has 0 bridgehead atoms. The Kier molecular flexibility index (Phi) is 7.20. The lowest BCUT2D eigenvalue weighted by atomic mass is 10.2. The highest BCUT2D eigenvalue weighted by Gasteiger charge is 2.30. The number of hydrogen-bond donors (Lipinski definition) is 2. The van der Waals surface area contributed by atoms with Gasteiger partial charge in [-0.25, -0.2) is 12.8 Å². The number of benzene rings is 2. The number of hydrogen-bond acceptors (Lipinski definition) is 4. The Hall–Kier alpha value is -2.74. The summed E-state index contributed by atoms with van der Waals surface area (Å²) in [6.45, 7) is 0.291. The minimum Gasteiger partial charge on any atom is -0.352 e. The third kappa shape index (κ3) is 5.66. The number of carbonyl (C=O) groups is 2. The van der Waals surface area contributed by atoms with Crippen molar-refractivity contribution >= 4 is 27.3 Å². The summed E-state index contributed by atoms with van der Waals surface area (Å²) in [5.41, 5.74) is 0.788. The van der Waals surface area contributed by atoms with E-state index in [1.165, 1.54) is 30.3 Å². The SMILES string of the molecule is O=C(CCCNC(=O)c1ccc(F)cc1)Nc1cccc(S(=O)(=O)C2CCCC2)c1. The van der Waals surface area contributed by atoms with E-state index in [4.69, 9.17) is 0 Å². The Bertz CT molecular complexity index is 1000. The molecule has 0 heterocycles. The van der Waals surface area contributed by atoms with E-state index in [0.29, 0.717) is 37.1 Å². The lowest BCUT2D eigenvalue weighted by Gasteiger charge is -2.12. The topological polar surface area (TPSA) is 92.3 Å². The van der Waals surface area contributed by atoms with Gasteiger partial charge in [-0.15, -0.1) is 0 Å². The number of sulfone groups is 1. The summed E-state index contributed by atoms with van der Waals surface area (Å²) in [5, 5.41) is 5.05. The van der Waals surface area contributed by atoms with Gasteiger partial charge in [-0.1, -0.05) is 18.9 Å². The summed E-state index contributed by atoms with van der Waals surface area (Å²) in [6.07, 6.45) is 3.81. The zero-order valence-corrected chi connectivity index (χ0v) is 17.4. The first-order valence-electron chi connectivity index (χ1n) is 10.0. The average Bonchev–Trinajstić information content (AvgIpc) is 3.27. The first-order valence-corrected chi connectivity index (χ1v) is 11.6. The van der Waals surface area contributed by atoms with Crippen LogP contribution in [0.1, 0.15) is 48.9 Å². The molecule has 1 aliphatic rings. The van der Waals surface area contributed by atoms with Gasteiger partial charge in [0.1, 0.15) is 5.82 Å². The Morgan fingerprint density at radius 3 is 2.43 bits per heavy atom. The summed E-state index contributed by atoms with van der Waals surface area (Å²) in [6, 6.07) is 11.6. The molecule has 0 saturated heterocycles. The molecule has 2 amide bonds. The first-order chi connectivity index (χ1) is 14.4. The largest absolute Gasteiger partial charge is 0.352 e. The van der Waals surface area contributed by atoms with Crippen LogP contribution in [0, 0.1) is 5.82 Å². The van der Waals surface area contributed by atoms with Gasteiger partial charge in [-0.05, 0) is 61.7 Å². The Balaban J connectivity index is 1.47. The van der Waals surface area contributed by atoms with Gasteiger partial charge in [0.2, 0.25) is 5.91 Å². The Labute approximate surface area is 175 Å². The van der Waals surface area contributed by atoms with Crippen LogP contribution in [0.15, 0.2) is 53.4 Å². The Morgan fingerprint density at radius 1 is 1.03 bits per heavy atom.